The van der Waals surface area contributed by atoms with E-state index in [1.165, 1.54) is 19.3 Å². The molecule has 0 aliphatic heterocycles. The van der Waals surface area contributed by atoms with Gasteiger partial charge in [-0.2, -0.15) is 11.8 Å². The summed E-state index contributed by atoms with van der Waals surface area (Å²) in [6, 6.07) is 0.299. The summed E-state index contributed by atoms with van der Waals surface area (Å²) in [6.07, 6.45) is 11.7. The number of hydrogen-bond donors (Lipinski definition) is 2. The second-order valence-corrected chi connectivity index (χ2v) is 6.66. The summed E-state index contributed by atoms with van der Waals surface area (Å²) in [5.74, 6) is 1.02. The Morgan fingerprint density at radius 3 is 3.00 bits per heavy atom. The Morgan fingerprint density at radius 2 is 2.29 bits per heavy atom. The summed E-state index contributed by atoms with van der Waals surface area (Å²) in [6.45, 7) is 3.58. The van der Waals surface area contributed by atoms with Gasteiger partial charge in [-0.3, -0.25) is 0 Å². The van der Waals surface area contributed by atoms with Crippen molar-refractivity contribution < 1.29 is 4.79 Å². The minimum Gasteiger partial charge on any atom is -0.338 e. The lowest BCUT2D eigenvalue weighted by atomic mass is 9.95. The third kappa shape index (κ3) is 4.95. The number of hydrogen-bond acceptors (Lipinski definition) is 3. The third-order valence-electron chi connectivity index (χ3n) is 4.11. The second kappa shape index (κ2) is 8.32. The zero-order valence-corrected chi connectivity index (χ0v) is 13.8. The largest absolute Gasteiger partial charge is 0.338 e. The average molecular weight is 310 g/mol. The molecule has 0 radical (unpaired) electrons. The number of nitrogens with one attached hydrogen (secondary N) is 2. The number of imidazole rings is 1. The molecule has 1 heterocycles. The lowest BCUT2D eigenvalue weighted by Crippen LogP contribution is -2.48. The average Bonchev–Trinajstić information content (AvgIpc) is 2.89. The molecule has 6 heteroatoms. The van der Waals surface area contributed by atoms with Crippen LogP contribution in [0, 0.1) is 6.92 Å². The Balaban J connectivity index is 1.64. The van der Waals surface area contributed by atoms with E-state index in [2.05, 4.69) is 26.4 Å². The van der Waals surface area contributed by atoms with E-state index in [1.807, 2.05) is 24.9 Å². The SMILES string of the molecule is CS[C@H]1CCCC[C@H]1NC(=O)NCCCn1ccnc1C. The number of amides is 2. The van der Waals surface area contributed by atoms with Crippen LogP contribution in [0.5, 0.6) is 0 Å². The van der Waals surface area contributed by atoms with Gasteiger partial charge in [0, 0.05) is 36.8 Å². The molecule has 1 aliphatic rings. The number of urea groups is 1. The summed E-state index contributed by atoms with van der Waals surface area (Å²) in [7, 11) is 0. The smallest absolute Gasteiger partial charge is 0.315 e. The molecule has 0 aromatic carbocycles. The normalized spacial score (nSPS) is 22.0. The van der Waals surface area contributed by atoms with E-state index in [-0.39, 0.29) is 6.03 Å². The number of rotatable bonds is 6. The van der Waals surface area contributed by atoms with Crippen molar-refractivity contribution in [1.29, 1.82) is 0 Å². The number of carbonyl (C=O) groups is 1. The highest BCUT2D eigenvalue weighted by atomic mass is 32.2. The van der Waals surface area contributed by atoms with Crippen LogP contribution in [0.3, 0.4) is 0 Å². The van der Waals surface area contributed by atoms with E-state index in [4.69, 9.17) is 0 Å². The van der Waals surface area contributed by atoms with Gasteiger partial charge in [0.2, 0.25) is 0 Å². The number of aromatic nitrogens is 2. The van der Waals surface area contributed by atoms with Crippen LogP contribution in [0.4, 0.5) is 4.79 Å². The lowest BCUT2D eigenvalue weighted by Gasteiger charge is -2.30. The summed E-state index contributed by atoms with van der Waals surface area (Å²) in [4.78, 5) is 16.1. The highest BCUT2D eigenvalue weighted by molar-refractivity contribution is 7.99. The lowest BCUT2D eigenvalue weighted by molar-refractivity contribution is 0.233. The van der Waals surface area contributed by atoms with Crippen molar-refractivity contribution in [3.63, 3.8) is 0 Å². The van der Waals surface area contributed by atoms with Gasteiger partial charge in [0.05, 0.1) is 0 Å². The van der Waals surface area contributed by atoms with Crippen molar-refractivity contribution in [2.45, 2.75) is 56.9 Å². The van der Waals surface area contributed by atoms with Crippen LogP contribution < -0.4 is 10.6 Å². The molecule has 0 saturated heterocycles. The standard InChI is InChI=1S/C15H26N4OS/c1-12-16-9-11-19(12)10-5-8-17-15(20)18-13-6-3-4-7-14(13)21-2/h9,11,13-14H,3-8,10H2,1-2H3,(H2,17,18,20)/t13-,14+/m1/s1. The van der Waals surface area contributed by atoms with Gasteiger partial charge in [-0.15, -0.1) is 0 Å². The number of aryl methyl sites for hydroxylation is 2. The fraction of sp³-hybridized carbons (Fsp3) is 0.733. The molecule has 1 aliphatic carbocycles. The minimum atomic E-state index is -0.0247. The summed E-state index contributed by atoms with van der Waals surface area (Å²) >= 11 is 1.87. The maximum Gasteiger partial charge on any atom is 0.315 e. The quantitative estimate of drug-likeness (QED) is 0.794. The van der Waals surface area contributed by atoms with Crippen molar-refractivity contribution in [2.75, 3.05) is 12.8 Å². The first kappa shape index (κ1) is 16.2. The van der Waals surface area contributed by atoms with Gasteiger partial charge in [-0.25, -0.2) is 9.78 Å². The summed E-state index contributed by atoms with van der Waals surface area (Å²) in [5.41, 5.74) is 0. The molecule has 2 atom stereocenters. The van der Waals surface area contributed by atoms with E-state index in [9.17, 15) is 4.79 Å². The first-order chi connectivity index (χ1) is 10.2. The Hall–Kier alpha value is -1.17. The van der Waals surface area contributed by atoms with Crippen LogP contribution >= 0.6 is 11.8 Å². The molecule has 2 amide bonds. The minimum absolute atomic E-state index is 0.0247. The van der Waals surface area contributed by atoms with Crippen LogP contribution in [0.2, 0.25) is 0 Å². The summed E-state index contributed by atoms with van der Waals surface area (Å²) < 4.78 is 2.10. The van der Waals surface area contributed by atoms with Crippen molar-refractivity contribution in [1.82, 2.24) is 20.2 Å². The van der Waals surface area contributed by atoms with Gasteiger partial charge in [0.1, 0.15) is 5.82 Å². The van der Waals surface area contributed by atoms with E-state index in [1.54, 1.807) is 6.20 Å². The van der Waals surface area contributed by atoms with Crippen molar-refractivity contribution >= 4 is 17.8 Å². The molecule has 1 saturated carbocycles. The van der Waals surface area contributed by atoms with Crippen molar-refractivity contribution in [2.24, 2.45) is 0 Å². The van der Waals surface area contributed by atoms with Gasteiger partial charge in [0.15, 0.2) is 0 Å². The van der Waals surface area contributed by atoms with E-state index in [0.717, 1.165) is 25.2 Å². The molecule has 118 valence electrons. The Labute approximate surface area is 131 Å². The number of carbonyl (C=O) groups excluding carboxylic acids is 1. The highest BCUT2D eigenvalue weighted by Crippen LogP contribution is 2.26. The van der Waals surface area contributed by atoms with Gasteiger partial charge in [-0.1, -0.05) is 12.8 Å². The van der Waals surface area contributed by atoms with Crippen molar-refractivity contribution in [3.8, 4) is 0 Å². The van der Waals surface area contributed by atoms with Gasteiger partial charge in [-0.05, 0) is 32.4 Å². The van der Waals surface area contributed by atoms with Crippen LogP contribution in [0.15, 0.2) is 12.4 Å². The maximum absolute atomic E-state index is 12.0. The number of nitrogens with zero attached hydrogens (tertiary/aromatic N) is 2. The van der Waals surface area contributed by atoms with Crippen LogP contribution in [0.25, 0.3) is 0 Å². The molecule has 1 aromatic heterocycles. The first-order valence-electron chi connectivity index (χ1n) is 7.75. The molecule has 5 nitrogen and oxygen atoms in total. The molecule has 21 heavy (non-hydrogen) atoms. The van der Waals surface area contributed by atoms with Crippen LogP contribution in [-0.2, 0) is 6.54 Å². The second-order valence-electron chi connectivity index (χ2n) is 5.59. The zero-order chi connectivity index (χ0) is 15.1. The predicted octanol–water partition coefficient (Wildman–Crippen LogP) is 2.56. The molecule has 0 bridgehead atoms. The highest BCUT2D eigenvalue weighted by Gasteiger charge is 2.25. The summed E-state index contributed by atoms with van der Waals surface area (Å²) in [5, 5.41) is 6.67. The molecular formula is C15H26N4OS. The molecule has 0 spiro atoms. The molecule has 2 N–H and O–H groups in total. The Kier molecular flexibility index (Phi) is 6.42. The molecule has 1 aromatic rings. The third-order valence-corrected chi connectivity index (χ3v) is 5.28. The van der Waals surface area contributed by atoms with E-state index < -0.39 is 0 Å². The van der Waals surface area contributed by atoms with E-state index in [0.29, 0.717) is 17.8 Å². The first-order valence-corrected chi connectivity index (χ1v) is 9.04. The topological polar surface area (TPSA) is 59.0 Å². The zero-order valence-electron chi connectivity index (χ0n) is 13.0. The molecule has 1 fully saturated rings. The van der Waals surface area contributed by atoms with Gasteiger partial charge in [0.25, 0.3) is 0 Å². The maximum atomic E-state index is 12.0. The van der Waals surface area contributed by atoms with Crippen molar-refractivity contribution in [3.05, 3.63) is 18.2 Å². The van der Waals surface area contributed by atoms with Crippen LogP contribution in [-0.4, -0.2) is 39.7 Å². The van der Waals surface area contributed by atoms with Gasteiger partial charge >= 0.3 is 6.03 Å². The molecular weight excluding hydrogens is 284 g/mol. The van der Waals surface area contributed by atoms with Crippen LogP contribution in [0.1, 0.15) is 37.9 Å². The van der Waals surface area contributed by atoms with Gasteiger partial charge < -0.3 is 15.2 Å². The number of thioether (sulfide) groups is 1. The predicted molar refractivity (Wildman–Crippen MR) is 87.7 cm³/mol. The molecule has 2 rings (SSSR count). The Bertz CT molecular complexity index is 449. The van der Waals surface area contributed by atoms with E-state index >= 15 is 0 Å². The monoisotopic (exact) mass is 310 g/mol. The fourth-order valence-electron chi connectivity index (χ4n) is 2.85. The molecule has 0 unspecified atom stereocenters. The Morgan fingerprint density at radius 1 is 1.48 bits per heavy atom. The fourth-order valence-corrected chi connectivity index (χ4v) is 3.79.